The number of hydrogen-bond acceptors (Lipinski definition) is 12. The number of carbonyl (C=O) groups is 4. The van der Waals surface area contributed by atoms with E-state index in [1.807, 2.05) is 30.5 Å². The van der Waals surface area contributed by atoms with E-state index in [4.69, 9.17) is 9.97 Å². The van der Waals surface area contributed by atoms with Crippen molar-refractivity contribution in [2.45, 2.75) is 109 Å². The number of fused-ring (bicyclic) bond motifs is 3. The molecule has 2 aromatic carbocycles. The molecule has 3 N–H and O–H groups in total. The molecule has 15 nitrogen and oxygen atoms in total. The molecule has 1 unspecified atom stereocenters. The van der Waals surface area contributed by atoms with E-state index in [0.717, 1.165) is 81.6 Å². The summed E-state index contributed by atoms with van der Waals surface area (Å²) < 4.78 is 1.71. The van der Waals surface area contributed by atoms with Gasteiger partial charge in [-0.3, -0.25) is 38.8 Å². The van der Waals surface area contributed by atoms with Crippen molar-refractivity contribution in [1.82, 2.24) is 34.6 Å². The van der Waals surface area contributed by atoms with Crippen LogP contribution in [0.5, 0.6) is 0 Å². The molecule has 0 bridgehead atoms. The van der Waals surface area contributed by atoms with Gasteiger partial charge >= 0.3 is 0 Å². The third kappa shape index (κ3) is 7.56. The molecular formula is C48H51N9O6. The summed E-state index contributed by atoms with van der Waals surface area (Å²) in [4.78, 5) is 83.8. The van der Waals surface area contributed by atoms with Crippen LogP contribution in [0, 0.1) is 6.92 Å². The van der Waals surface area contributed by atoms with Crippen molar-refractivity contribution < 1.29 is 24.3 Å². The van der Waals surface area contributed by atoms with E-state index in [1.54, 1.807) is 28.7 Å². The molecule has 15 heteroatoms. The number of pyridine rings is 2. The predicted octanol–water partition coefficient (Wildman–Crippen LogP) is 5.36. The van der Waals surface area contributed by atoms with Crippen LogP contribution in [0.25, 0.3) is 11.0 Å². The van der Waals surface area contributed by atoms with Crippen LogP contribution < -0.4 is 21.1 Å². The van der Waals surface area contributed by atoms with Gasteiger partial charge in [0.05, 0.1) is 23.0 Å². The van der Waals surface area contributed by atoms with E-state index in [-0.39, 0.29) is 47.7 Å². The minimum atomic E-state index is -1.01. The Morgan fingerprint density at radius 3 is 2.44 bits per heavy atom. The first-order chi connectivity index (χ1) is 30.4. The fourth-order valence-electron chi connectivity index (χ4n) is 10.5. The van der Waals surface area contributed by atoms with Crippen molar-refractivity contribution in [3.8, 4) is 0 Å². The molecule has 0 radical (unpaired) electrons. The number of Topliss-reactive ketones (excluding diaryl/α,β-unsaturated/α-hetero) is 1. The monoisotopic (exact) mass is 849 g/mol. The Balaban J connectivity index is 0.754. The smallest absolute Gasteiger partial charge is 0.263 e. The Bertz CT molecular complexity index is 2750. The molecule has 3 amide bonds. The van der Waals surface area contributed by atoms with Gasteiger partial charge in [0, 0.05) is 68.9 Å². The zero-order chi connectivity index (χ0) is 43.6. The molecule has 1 saturated carbocycles. The number of nitrogens with one attached hydrogen (secondary N) is 2. The molecule has 4 aliphatic heterocycles. The second-order valence-electron chi connectivity index (χ2n) is 18.0. The molecule has 2 saturated heterocycles. The standard InChI is InChI=1S/C48H51N9O6/c1-28-38-24-50-47(53-43(38)57(35-5-3-4-6-35)46(62)42(28)29(2)58)51-40-13-10-36(23-49-40)55-18-15-31-21-30(7-8-32(31)26-55)25-54-19-16-48(63,17-20-54)34-9-11-37-33(22-34)27-56(45(37)61)39-12-14-41(59)52-44(39)60/h7-11,13,21-24,35,39,63H,3-6,12,14-20,25-27H2,1-2H3,(H,52,59,60)(H,49,50,51,53). The van der Waals surface area contributed by atoms with Crippen LogP contribution in [-0.2, 0) is 41.2 Å². The SMILES string of the molecule is CC(=O)c1c(C)c2cnc(Nc3ccc(N4CCc5cc(CN6CCC(O)(c7ccc8c(c7)CN(C7CCC(=O)NC7=O)C8=O)CC6)ccc5C4)cn3)nc2n(C2CCCC2)c1=O. The van der Waals surface area contributed by atoms with Gasteiger partial charge in [-0.05, 0) is 104 Å². The second kappa shape index (κ2) is 16.1. The third-order valence-corrected chi connectivity index (χ3v) is 14.0. The van der Waals surface area contributed by atoms with Gasteiger partial charge in [0.25, 0.3) is 11.5 Å². The summed E-state index contributed by atoms with van der Waals surface area (Å²) in [5, 5.41) is 18.1. The van der Waals surface area contributed by atoms with Gasteiger partial charge in [-0.1, -0.05) is 43.2 Å². The molecule has 3 aromatic heterocycles. The Kier molecular flexibility index (Phi) is 10.4. The molecule has 7 heterocycles. The maximum absolute atomic E-state index is 13.6. The van der Waals surface area contributed by atoms with Crippen molar-refractivity contribution >= 4 is 52.0 Å². The van der Waals surface area contributed by atoms with Crippen molar-refractivity contribution in [3.05, 3.63) is 116 Å². The van der Waals surface area contributed by atoms with Crippen LogP contribution in [-0.4, -0.2) is 83.6 Å². The van der Waals surface area contributed by atoms with Gasteiger partial charge < -0.3 is 20.2 Å². The van der Waals surface area contributed by atoms with Crippen molar-refractivity contribution in [2.24, 2.45) is 0 Å². The Morgan fingerprint density at radius 2 is 1.70 bits per heavy atom. The molecule has 5 aromatic rings. The van der Waals surface area contributed by atoms with E-state index >= 15 is 0 Å². The fourth-order valence-corrected chi connectivity index (χ4v) is 10.5. The number of piperidine rings is 2. The number of aliphatic hydroxyl groups is 1. The molecule has 1 aliphatic carbocycles. The number of anilines is 3. The van der Waals surface area contributed by atoms with Crippen molar-refractivity contribution in [3.63, 3.8) is 0 Å². The first kappa shape index (κ1) is 40.7. The van der Waals surface area contributed by atoms with Crippen LogP contribution in [0.1, 0.15) is 118 Å². The maximum Gasteiger partial charge on any atom is 0.263 e. The lowest BCUT2D eigenvalue weighted by atomic mass is 9.83. The fraction of sp³-hybridized carbons (Fsp3) is 0.417. The van der Waals surface area contributed by atoms with Crippen LogP contribution in [0.4, 0.5) is 17.5 Å². The number of imide groups is 1. The van der Waals surface area contributed by atoms with Gasteiger partial charge in [-0.2, -0.15) is 4.98 Å². The number of likely N-dealkylation sites (tertiary alicyclic amines) is 1. The third-order valence-electron chi connectivity index (χ3n) is 14.0. The van der Waals surface area contributed by atoms with Crippen molar-refractivity contribution in [2.75, 3.05) is 29.9 Å². The lowest BCUT2D eigenvalue weighted by Crippen LogP contribution is -2.52. The number of hydrogen-bond donors (Lipinski definition) is 3. The van der Waals surface area contributed by atoms with Gasteiger partial charge in [0.1, 0.15) is 17.5 Å². The predicted molar refractivity (Wildman–Crippen MR) is 236 cm³/mol. The summed E-state index contributed by atoms with van der Waals surface area (Å²) in [7, 11) is 0. The van der Waals surface area contributed by atoms with Crippen LogP contribution >= 0.6 is 0 Å². The molecular weight excluding hydrogens is 799 g/mol. The van der Waals surface area contributed by atoms with E-state index in [0.29, 0.717) is 53.2 Å². The normalized spacial score (nSPS) is 20.2. The second-order valence-corrected chi connectivity index (χ2v) is 18.0. The average Bonchev–Trinajstić information content (AvgIpc) is 3.92. The van der Waals surface area contributed by atoms with Gasteiger partial charge in [0.2, 0.25) is 17.8 Å². The number of benzene rings is 2. The summed E-state index contributed by atoms with van der Waals surface area (Å²) in [6.45, 7) is 7.40. The first-order valence-electron chi connectivity index (χ1n) is 22.2. The first-order valence-corrected chi connectivity index (χ1v) is 22.2. The van der Waals surface area contributed by atoms with Gasteiger partial charge in [-0.25, -0.2) is 9.97 Å². The number of nitrogens with zero attached hydrogens (tertiary/aromatic N) is 7. The Morgan fingerprint density at radius 1 is 0.889 bits per heavy atom. The average molecular weight is 850 g/mol. The number of aryl methyl sites for hydroxylation is 1. The number of aromatic nitrogens is 4. The molecule has 3 fully saturated rings. The minimum absolute atomic E-state index is 0.00217. The summed E-state index contributed by atoms with van der Waals surface area (Å²) >= 11 is 0. The Hall–Kier alpha value is -6.32. The summed E-state index contributed by atoms with van der Waals surface area (Å²) in [5.74, 6) is -0.272. The maximum atomic E-state index is 13.6. The molecule has 1 atom stereocenters. The quantitative estimate of drug-likeness (QED) is 0.128. The van der Waals surface area contributed by atoms with E-state index in [1.165, 1.54) is 23.6 Å². The zero-order valence-electron chi connectivity index (χ0n) is 35.7. The molecule has 63 heavy (non-hydrogen) atoms. The summed E-state index contributed by atoms with van der Waals surface area (Å²) in [6.07, 6.45) is 9.95. The van der Waals surface area contributed by atoms with Gasteiger partial charge in [-0.15, -0.1) is 0 Å². The lowest BCUT2D eigenvalue weighted by Gasteiger charge is -2.39. The number of ketones is 1. The Labute approximate surface area is 364 Å². The highest BCUT2D eigenvalue weighted by Gasteiger charge is 2.41. The highest BCUT2D eigenvalue weighted by molar-refractivity contribution is 6.05. The molecule has 324 valence electrons. The highest BCUT2D eigenvalue weighted by Crippen LogP contribution is 2.38. The van der Waals surface area contributed by atoms with Crippen LogP contribution in [0.3, 0.4) is 0 Å². The van der Waals surface area contributed by atoms with E-state index in [2.05, 4.69) is 43.6 Å². The van der Waals surface area contributed by atoms with E-state index < -0.39 is 17.6 Å². The number of rotatable bonds is 9. The minimum Gasteiger partial charge on any atom is -0.385 e. The van der Waals surface area contributed by atoms with Gasteiger partial charge in [0.15, 0.2) is 5.78 Å². The van der Waals surface area contributed by atoms with Crippen LogP contribution in [0.2, 0.25) is 0 Å². The van der Waals surface area contributed by atoms with E-state index in [9.17, 15) is 29.1 Å². The zero-order valence-corrected chi connectivity index (χ0v) is 35.7. The molecule has 10 rings (SSSR count). The van der Waals surface area contributed by atoms with Crippen LogP contribution in [0.15, 0.2) is 65.7 Å². The highest BCUT2D eigenvalue weighted by atomic mass is 16.3. The summed E-state index contributed by atoms with van der Waals surface area (Å²) in [6, 6.07) is 15.6. The molecule has 5 aliphatic rings. The summed E-state index contributed by atoms with van der Waals surface area (Å²) in [5.41, 5.74) is 7.12. The number of amides is 3. The van der Waals surface area contributed by atoms with Crippen molar-refractivity contribution in [1.29, 1.82) is 0 Å². The topological polar surface area (TPSA) is 183 Å². The number of carbonyl (C=O) groups excluding carboxylic acids is 4. The lowest BCUT2D eigenvalue weighted by molar-refractivity contribution is -0.136. The molecule has 0 spiro atoms. The largest absolute Gasteiger partial charge is 0.385 e.